The van der Waals surface area contributed by atoms with Crippen molar-refractivity contribution in [2.45, 2.75) is 19.9 Å². The van der Waals surface area contributed by atoms with E-state index < -0.39 is 5.97 Å². The summed E-state index contributed by atoms with van der Waals surface area (Å²) in [5, 5.41) is 12.2. The highest BCUT2D eigenvalue weighted by molar-refractivity contribution is 5.70. The van der Waals surface area contributed by atoms with Crippen molar-refractivity contribution in [2.24, 2.45) is 0 Å². The molecule has 0 aliphatic rings. The molecule has 0 unspecified atom stereocenters. The van der Waals surface area contributed by atoms with Gasteiger partial charge in [0.1, 0.15) is 5.75 Å². The highest BCUT2D eigenvalue weighted by Gasteiger charge is 2.06. The number of carboxylic acids is 1. The molecule has 0 saturated carbocycles. The molecule has 0 spiro atoms. The maximum Gasteiger partial charge on any atom is 0.307 e. The van der Waals surface area contributed by atoms with Gasteiger partial charge in [-0.1, -0.05) is 30.3 Å². The molecule has 2 N–H and O–H groups in total. The monoisotopic (exact) mass is 285 g/mol. The van der Waals surface area contributed by atoms with Crippen LogP contribution in [0, 0.1) is 0 Å². The van der Waals surface area contributed by atoms with Crippen LogP contribution in [0.15, 0.2) is 48.5 Å². The lowest BCUT2D eigenvalue weighted by molar-refractivity contribution is -0.136. The Kier molecular flexibility index (Phi) is 5.21. The van der Waals surface area contributed by atoms with Gasteiger partial charge < -0.3 is 15.2 Å². The van der Waals surface area contributed by atoms with Crippen LogP contribution in [0.1, 0.15) is 18.1 Å². The number of aliphatic carboxylic acids is 1. The highest BCUT2D eigenvalue weighted by atomic mass is 16.5. The zero-order valence-electron chi connectivity index (χ0n) is 12.0. The predicted octanol–water partition coefficient (Wildman–Crippen LogP) is 3.32. The maximum atomic E-state index is 10.9. The van der Waals surface area contributed by atoms with Gasteiger partial charge >= 0.3 is 5.97 Å². The van der Waals surface area contributed by atoms with Crippen molar-refractivity contribution >= 4 is 11.7 Å². The molecular formula is C17H19NO3. The Labute approximate surface area is 124 Å². The van der Waals surface area contributed by atoms with Gasteiger partial charge in [0.15, 0.2) is 0 Å². The molecule has 0 aliphatic carbocycles. The molecule has 0 aliphatic heterocycles. The molecule has 4 nitrogen and oxygen atoms in total. The average molecular weight is 285 g/mol. The Balaban J connectivity index is 2.06. The molecule has 0 heterocycles. The Morgan fingerprint density at radius 1 is 1.14 bits per heavy atom. The first-order chi connectivity index (χ1) is 10.2. The van der Waals surface area contributed by atoms with Gasteiger partial charge in [-0.15, -0.1) is 0 Å². The summed E-state index contributed by atoms with van der Waals surface area (Å²) in [6, 6.07) is 15.3. The Morgan fingerprint density at radius 2 is 1.90 bits per heavy atom. The second-order valence-corrected chi connectivity index (χ2v) is 4.65. The van der Waals surface area contributed by atoms with E-state index in [1.165, 1.54) is 0 Å². The molecule has 110 valence electrons. The van der Waals surface area contributed by atoms with E-state index in [1.807, 2.05) is 55.5 Å². The number of benzene rings is 2. The van der Waals surface area contributed by atoms with Crippen LogP contribution in [0.2, 0.25) is 0 Å². The van der Waals surface area contributed by atoms with Crippen LogP contribution in [-0.4, -0.2) is 17.7 Å². The van der Waals surface area contributed by atoms with Gasteiger partial charge in [-0.3, -0.25) is 4.79 Å². The standard InChI is InChI=1S/C17H19NO3/c1-2-21-16-9-5-8-15(11-16)18-12-14-7-4-3-6-13(14)10-17(19)20/h3-9,11,18H,2,10,12H2,1H3,(H,19,20). The van der Waals surface area contributed by atoms with E-state index in [4.69, 9.17) is 9.84 Å². The van der Waals surface area contributed by atoms with Gasteiger partial charge in [0, 0.05) is 18.3 Å². The van der Waals surface area contributed by atoms with Gasteiger partial charge in [-0.25, -0.2) is 0 Å². The van der Waals surface area contributed by atoms with Gasteiger partial charge in [-0.2, -0.15) is 0 Å². The van der Waals surface area contributed by atoms with Crippen LogP contribution >= 0.6 is 0 Å². The van der Waals surface area contributed by atoms with Crippen molar-refractivity contribution in [2.75, 3.05) is 11.9 Å². The first-order valence-electron chi connectivity index (χ1n) is 6.94. The van der Waals surface area contributed by atoms with E-state index in [9.17, 15) is 4.79 Å². The highest BCUT2D eigenvalue weighted by Crippen LogP contribution is 2.19. The minimum Gasteiger partial charge on any atom is -0.494 e. The average Bonchev–Trinajstić information content (AvgIpc) is 2.47. The van der Waals surface area contributed by atoms with Crippen molar-refractivity contribution in [1.29, 1.82) is 0 Å². The Bertz CT molecular complexity index is 610. The van der Waals surface area contributed by atoms with E-state index in [1.54, 1.807) is 0 Å². The molecule has 2 aromatic carbocycles. The molecule has 4 heteroatoms. The number of hydrogen-bond acceptors (Lipinski definition) is 3. The first kappa shape index (κ1) is 14.9. The largest absolute Gasteiger partial charge is 0.494 e. The topological polar surface area (TPSA) is 58.6 Å². The lowest BCUT2D eigenvalue weighted by Crippen LogP contribution is -2.07. The summed E-state index contributed by atoms with van der Waals surface area (Å²) in [6.07, 6.45) is 0.0385. The molecule has 0 bridgehead atoms. The molecule has 0 amide bonds. The van der Waals surface area contributed by atoms with Crippen LogP contribution in [0.4, 0.5) is 5.69 Å². The fourth-order valence-corrected chi connectivity index (χ4v) is 2.13. The number of nitrogens with one attached hydrogen (secondary N) is 1. The Hall–Kier alpha value is -2.49. The van der Waals surface area contributed by atoms with Gasteiger partial charge in [-0.05, 0) is 30.2 Å². The molecule has 0 fully saturated rings. The van der Waals surface area contributed by atoms with Crippen molar-refractivity contribution in [1.82, 2.24) is 0 Å². The first-order valence-corrected chi connectivity index (χ1v) is 6.94. The van der Waals surface area contributed by atoms with E-state index >= 15 is 0 Å². The minimum absolute atomic E-state index is 0.0385. The minimum atomic E-state index is -0.819. The zero-order chi connectivity index (χ0) is 15.1. The van der Waals surface area contributed by atoms with Crippen LogP contribution in [0.25, 0.3) is 0 Å². The molecule has 0 saturated heterocycles. The van der Waals surface area contributed by atoms with Gasteiger partial charge in [0.2, 0.25) is 0 Å². The zero-order valence-corrected chi connectivity index (χ0v) is 12.0. The number of carboxylic acid groups (broad SMARTS) is 1. The summed E-state index contributed by atoms with van der Waals surface area (Å²) < 4.78 is 5.46. The lowest BCUT2D eigenvalue weighted by Gasteiger charge is -2.11. The van der Waals surface area contributed by atoms with E-state index in [0.29, 0.717) is 13.2 Å². The summed E-state index contributed by atoms with van der Waals surface area (Å²) in [7, 11) is 0. The Morgan fingerprint density at radius 3 is 2.62 bits per heavy atom. The third kappa shape index (κ3) is 4.53. The van der Waals surface area contributed by atoms with E-state index in [0.717, 1.165) is 22.6 Å². The maximum absolute atomic E-state index is 10.9. The number of carbonyl (C=O) groups is 1. The SMILES string of the molecule is CCOc1cccc(NCc2ccccc2CC(=O)O)c1. The fourth-order valence-electron chi connectivity index (χ4n) is 2.13. The number of anilines is 1. The summed E-state index contributed by atoms with van der Waals surface area (Å²) in [5.74, 6) is 0.00196. The third-order valence-electron chi connectivity index (χ3n) is 3.09. The lowest BCUT2D eigenvalue weighted by atomic mass is 10.0. The van der Waals surface area contributed by atoms with E-state index in [2.05, 4.69) is 5.32 Å². The number of rotatable bonds is 7. The smallest absolute Gasteiger partial charge is 0.307 e. The molecule has 2 rings (SSSR count). The second-order valence-electron chi connectivity index (χ2n) is 4.65. The molecule has 21 heavy (non-hydrogen) atoms. The molecular weight excluding hydrogens is 266 g/mol. The second kappa shape index (κ2) is 7.33. The molecule has 0 radical (unpaired) electrons. The number of hydrogen-bond donors (Lipinski definition) is 2. The molecule has 2 aromatic rings. The van der Waals surface area contributed by atoms with Crippen LogP contribution in [-0.2, 0) is 17.8 Å². The van der Waals surface area contributed by atoms with E-state index in [-0.39, 0.29) is 6.42 Å². The number of ether oxygens (including phenoxy) is 1. The quantitative estimate of drug-likeness (QED) is 0.819. The summed E-state index contributed by atoms with van der Waals surface area (Å²) >= 11 is 0. The third-order valence-corrected chi connectivity index (χ3v) is 3.09. The fraction of sp³-hybridized carbons (Fsp3) is 0.235. The van der Waals surface area contributed by atoms with Crippen LogP contribution < -0.4 is 10.1 Å². The molecule has 0 aromatic heterocycles. The summed E-state index contributed by atoms with van der Waals surface area (Å²) in [4.78, 5) is 10.9. The van der Waals surface area contributed by atoms with Crippen molar-refractivity contribution in [3.63, 3.8) is 0 Å². The van der Waals surface area contributed by atoms with Gasteiger partial charge in [0.25, 0.3) is 0 Å². The van der Waals surface area contributed by atoms with Gasteiger partial charge in [0.05, 0.1) is 13.0 Å². The summed E-state index contributed by atoms with van der Waals surface area (Å²) in [6.45, 7) is 3.16. The van der Waals surface area contributed by atoms with Crippen molar-refractivity contribution in [3.05, 3.63) is 59.7 Å². The summed E-state index contributed by atoms with van der Waals surface area (Å²) in [5.41, 5.74) is 2.77. The molecule has 0 atom stereocenters. The van der Waals surface area contributed by atoms with Crippen molar-refractivity contribution < 1.29 is 14.6 Å². The van der Waals surface area contributed by atoms with Crippen LogP contribution in [0.5, 0.6) is 5.75 Å². The van der Waals surface area contributed by atoms with Crippen LogP contribution in [0.3, 0.4) is 0 Å². The predicted molar refractivity (Wildman–Crippen MR) is 82.7 cm³/mol. The normalized spacial score (nSPS) is 10.1. The van der Waals surface area contributed by atoms with Crippen molar-refractivity contribution in [3.8, 4) is 5.75 Å².